The van der Waals surface area contributed by atoms with Gasteiger partial charge in [0, 0.05) is 73.7 Å². The van der Waals surface area contributed by atoms with Crippen LogP contribution in [-0.4, -0.2) is 104 Å². The van der Waals surface area contributed by atoms with Crippen molar-refractivity contribution in [2.24, 2.45) is 0 Å². The minimum Gasteiger partial charge on any atom is -0.744 e. The number of likely N-dealkylation sites (N-methyl/N-ethyl adjacent to an activating group) is 2. The Hall–Kier alpha value is -4.51. The van der Waals surface area contributed by atoms with Crippen molar-refractivity contribution in [2.45, 2.75) is 73.1 Å². The zero-order valence-corrected chi connectivity index (χ0v) is 43.6. The van der Waals surface area contributed by atoms with Crippen molar-refractivity contribution >= 4 is 49.0 Å². The van der Waals surface area contributed by atoms with Crippen molar-refractivity contribution in [3.63, 3.8) is 0 Å². The van der Waals surface area contributed by atoms with Gasteiger partial charge in [0.15, 0.2) is 0 Å². The first-order chi connectivity index (χ1) is 30.8. The molecule has 0 amide bonds. The number of rotatable bonds is 3. The molecule has 4 heterocycles. The minimum absolute atomic E-state index is 0. The van der Waals surface area contributed by atoms with E-state index in [9.17, 15) is 23.1 Å². The third kappa shape index (κ3) is 23.0. The number of nitrogens with two attached hydrogens (primary N) is 1. The maximum absolute atomic E-state index is 10.4. The summed E-state index contributed by atoms with van der Waals surface area (Å²) in [6.45, 7) is 25.4. The van der Waals surface area contributed by atoms with E-state index >= 15 is 0 Å². The zero-order chi connectivity index (χ0) is 47.9. The Morgan fingerprint density at radius 2 is 1.17 bits per heavy atom. The van der Waals surface area contributed by atoms with Gasteiger partial charge in [-0.3, -0.25) is 20.1 Å². The van der Waals surface area contributed by atoms with E-state index in [4.69, 9.17) is 5.73 Å². The van der Waals surface area contributed by atoms with Crippen molar-refractivity contribution in [1.29, 1.82) is 0 Å². The average Bonchev–Trinajstić information content (AvgIpc) is 3.71. The number of nitro benzene ring substituents is 1. The topological polar surface area (TPSA) is 174 Å². The Morgan fingerprint density at radius 1 is 0.631 bits per heavy atom. The first-order valence-electron chi connectivity index (χ1n) is 22.3. The molecule has 8 rings (SSSR count). The van der Waals surface area contributed by atoms with Gasteiger partial charge in [0.1, 0.15) is 10.1 Å². The van der Waals surface area contributed by atoms with E-state index in [0.717, 1.165) is 72.7 Å². The molecular formula is C50H73N8NaO5S. The maximum atomic E-state index is 10.4. The average molecular weight is 921 g/mol. The number of fused-ring (bicyclic) bond motifs is 2. The van der Waals surface area contributed by atoms with Crippen LogP contribution in [0.4, 0.5) is 17.1 Å². The van der Waals surface area contributed by atoms with Crippen LogP contribution in [0.15, 0.2) is 126 Å². The van der Waals surface area contributed by atoms with Crippen molar-refractivity contribution in [1.82, 2.24) is 25.1 Å². The van der Waals surface area contributed by atoms with Crippen LogP contribution in [0.1, 0.15) is 65.5 Å². The smallest absolute Gasteiger partial charge is 0.744 e. The van der Waals surface area contributed by atoms with Crippen LogP contribution in [0.5, 0.6) is 0 Å². The number of benzene rings is 4. The van der Waals surface area contributed by atoms with Crippen LogP contribution >= 0.6 is 0 Å². The molecule has 0 aliphatic carbocycles. The standard InChI is InChI=1S/C15H19N3.C10H9N.C7H9N.C6H14N2.C6H5NO5S.3C2H6.Na/c1-17-9-4-10-18(12-11-17)14-7-2-5-13-6-3-8-16-15(13)14;1-8-4-2-5-9-6-3-7-11-10(8)9;1-6-4-2-3-5-7(6)8;1-8-5-2-3-7-4-6-8;8-7(9)5-2-1-3-6(4-5)13(10,11)12;3*1-2;/h2-3,5-8H,4,9-12H2,1H3;2-7H,1H3;2-5H,8H2,1H3;7H,2-6H2,1H3;1-4H,(H,10,11,12);3*1-2H3;/q;;;;;;;;+1/p-1. The summed E-state index contributed by atoms with van der Waals surface area (Å²) in [7, 11) is -0.240. The number of anilines is 2. The number of pyridine rings is 2. The summed E-state index contributed by atoms with van der Waals surface area (Å²) in [5.74, 6) is 0. The molecule has 3 N–H and O–H groups in total. The molecule has 6 aromatic rings. The summed E-state index contributed by atoms with van der Waals surface area (Å²) in [5, 5.41) is 16.0. The normalized spacial score (nSPS) is 13.4. The van der Waals surface area contributed by atoms with Gasteiger partial charge in [-0.1, -0.05) is 108 Å². The molecule has 0 radical (unpaired) electrons. The number of aryl methyl sites for hydroxylation is 2. The third-order valence-corrected chi connectivity index (χ3v) is 10.4. The van der Waals surface area contributed by atoms with Crippen molar-refractivity contribution < 1.29 is 47.5 Å². The van der Waals surface area contributed by atoms with Crippen LogP contribution in [0.25, 0.3) is 21.8 Å². The molecule has 15 heteroatoms. The number of nitro groups is 1. The fraction of sp³-hybridized carbons (Fsp3) is 0.400. The molecular weight excluding hydrogens is 848 g/mol. The SMILES string of the molecule is CC.CC.CC.CN1CCCN(c2cccc3cccnc23)CC1.CN1CCCNCC1.Cc1cccc2cccnc12.Cc1ccccc1N.O=[N+]([O-])c1cccc(S(=O)(=O)[O-])c1.[Na+]. The number of nitrogens with one attached hydrogen (secondary N) is 1. The summed E-state index contributed by atoms with van der Waals surface area (Å²) in [6, 6.07) is 32.6. The molecule has 0 atom stereocenters. The van der Waals surface area contributed by atoms with E-state index < -0.39 is 25.6 Å². The Balaban J connectivity index is 0.000000785. The van der Waals surface area contributed by atoms with Gasteiger partial charge in [0.2, 0.25) is 0 Å². The van der Waals surface area contributed by atoms with Crippen molar-refractivity contribution in [2.75, 3.05) is 77.1 Å². The van der Waals surface area contributed by atoms with Gasteiger partial charge in [0.25, 0.3) is 5.69 Å². The van der Waals surface area contributed by atoms with Gasteiger partial charge in [-0.15, -0.1) is 0 Å². The minimum atomic E-state index is -4.61. The molecule has 13 nitrogen and oxygen atoms in total. The van der Waals surface area contributed by atoms with Gasteiger partial charge in [-0.25, -0.2) is 8.42 Å². The molecule has 2 aliphatic heterocycles. The Morgan fingerprint density at radius 3 is 1.75 bits per heavy atom. The monoisotopic (exact) mass is 921 g/mol. The predicted molar refractivity (Wildman–Crippen MR) is 268 cm³/mol. The summed E-state index contributed by atoms with van der Waals surface area (Å²) in [4.78, 5) is 24.9. The third-order valence-electron chi connectivity index (χ3n) is 9.58. The van der Waals surface area contributed by atoms with Crippen LogP contribution in [0.3, 0.4) is 0 Å². The number of para-hydroxylation sites is 3. The molecule has 350 valence electrons. The molecule has 2 saturated heterocycles. The molecule has 2 aliphatic rings. The fourth-order valence-electron chi connectivity index (χ4n) is 6.21. The van der Waals surface area contributed by atoms with Crippen LogP contribution in [-0.2, 0) is 10.1 Å². The summed E-state index contributed by atoms with van der Waals surface area (Å²) >= 11 is 0. The second kappa shape index (κ2) is 34.8. The summed E-state index contributed by atoms with van der Waals surface area (Å²) in [5.41, 5.74) is 11.9. The molecule has 0 unspecified atom stereocenters. The molecule has 2 aromatic heterocycles. The number of hydrogen-bond acceptors (Lipinski definition) is 12. The predicted octanol–water partition coefficient (Wildman–Crippen LogP) is 6.99. The van der Waals surface area contributed by atoms with Gasteiger partial charge < -0.3 is 30.3 Å². The summed E-state index contributed by atoms with van der Waals surface area (Å²) < 4.78 is 31.3. The van der Waals surface area contributed by atoms with E-state index in [0.29, 0.717) is 0 Å². The second-order valence-corrected chi connectivity index (χ2v) is 15.5. The molecule has 0 spiro atoms. The van der Waals surface area contributed by atoms with E-state index in [-0.39, 0.29) is 29.6 Å². The molecule has 65 heavy (non-hydrogen) atoms. The largest absolute Gasteiger partial charge is 1.00 e. The quantitative estimate of drug-likeness (QED) is 0.0614. The Bertz CT molecular complexity index is 2280. The number of non-ortho nitro benzene ring substituents is 1. The maximum Gasteiger partial charge on any atom is 1.00 e. The number of nitrogens with zero attached hydrogens (tertiary/aromatic N) is 6. The number of aromatic nitrogens is 2. The first kappa shape index (κ1) is 60.5. The number of nitrogen functional groups attached to an aromatic ring is 1. The summed E-state index contributed by atoms with van der Waals surface area (Å²) in [6.07, 6.45) is 6.24. The molecule has 2 fully saturated rings. The Labute approximate surface area is 412 Å². The van der Waals surface area contributed by atoms with Gasteiger partial charge in [0.05, 0.1) is 26.5 Å². The molecule has 0 bridgehead atoms. The zero-order valence-electron chi connectivity index (χ0n) is 40.8. The van der Waals surface area contributed by atoms with E-state index in [1.165, 1.54) is 61.0 Å². The Kier molecular flexibility index (Phi) is 32.4. The first-order valence-corrected chi connectivity index (χ1v) is 23.7. The van der Waals surface area contributed by atoms with Crippen molar-refractivity contribution in [3.8, 4) is 0 Å². The molecule has 4 aromatic carbocycles. The molecule has 0 saturated carbocycles. The van der Waals surface area contributed by atoms with E-state index in [1.807, 2.05) is 97.3 Å². The number of hydrogen-bond donors (Lipinski definition) is 2. The second-order valence-electron chi connectivity index (χ2n) is 14.1. The van der Waals surface area contributed by atoms with Gasteiger partial charge >= 0.3 is 29.6 Å². The fourth-order valence-corrected chi connectivity index (χ4v) is 6.72. The van der Waals surface area contributed by atoms with Gasteiger partial charge in [-0.2, -0.15) is 0 Å². The van der Waals surface area contributed by atoms with Crippen LogP contribution in [0.2, 0.25) is 0 Å². The van der Waals surface area contributed by atoms with E-state index in [2.05, 4.69) is 99.5 Å². The van der Waals surface area contributed by atoms with E-state index in [1.54, 1.807) is 0 Å². The van der Waals surface area contributed by atoms with Crippen molar-refractivity contribution in [3.05, 3.63) is 143 Å². The van der Waals surface area contributed by atoms with Crippen LogP contribution in [0, 0.1) is 24.0 Å². The van der Waals surface area contributed by atoms with Gasteiger partial charge in [-0.05, 0) is 102 Å². The van der Waals surface area contributed by atoms with Crippen LogP contribution < -0.4 is 45.5 Å².